The molecule has 2 aromatic rings. The summed E-state index contributed by atoms with van der Waals surface area (Å²) in [5, 5.41) is 1.89. The fraction of sp³-hybridized carbons (Fsp3) is 0.429. The Morgan fingerprint density at radius 1 is 1.03 bits per heavy atom. The number of hydrogen-bond donors (Lipinski definition) is 1. The number of amides is 2. The van der Waals surface area contributed by atoms with Gasteiger partial charge in [0.1, 0.15) is 5.60 Å². The van der Waals surface area contributed by atoms with Crippen LogP contribution in [-0.4, -0.2) is 62.0 Å². The van der Waals surface area contributed by atoms with E-state index in [9.17, 15) is 18.0 Å². The van der Waals surface area contributed by atoms with Crippen molar-refractivity contribution in [2.24, 2.45) is 0 Å². The van der Waals surface area contributed by atoms with Crippen molar-refractivity contribution < 1.29 is 22.7 Å². The van der Waals surface area contributed by atoms with E-state index in [0.717, 1.165) is 4.88 Å². The van der Waals surface area contributed by atoms with Crippen molar-refractivity contribution in [3.05, 3.63) is 52.2 Å². The van der Waals surface area contributed by atoms with E-state index in [1.807, 2.05) is 38.3 Å². The summed E-state index contributed by atoms with van der Waals surface area (Å²) in [6.45, 7) is 7.22. The number of carbonyl (C=O) groups is 2. The molecule has 0 spiro atoms. The predicted octanol–water partition coefficient (Wildman–Crippen LogP) is 2.92. The lowest BCUT2D eigenvalue weighted by molar-refractivity contribution is 0.0141. The van der Waals surface area contributed by atoms with E-state index in [1.54, 1.807) is 9.80 Å². The van der Waals surface area contributed by atoms with Crippen molar-refractivity contribution in [1.82, 2.24) is 14.5 Å². The third-order valence-corrected chi connectivity index (χ3v) is 6.94. The fourth-order valence-electron chi connectivity index (χ4n) is 3.04. The number of piperazine rings is 1. The molecule has 2 heterocycles. The van der Waals surface area contributed by atoms with E-state index in [2.05, 4.69) is 4.72 Å². The van der Waals surface area contributed by atoms with Crippen molar-refractivity contribution in [3.8, 4) is 0 Å². The molecule has 0 atom stereocenters. The maximum Gasteiger partial charge on any atom is 0.410 e. The zero-order chi connectivity index (χ0) is 22.6. The molecule has 168 valence electrons. The van der Waals surface area contributed by atoms with Crippen LogP contribution >= 0.6 is 11.3 Å². The Hall–Kier alpha value is -2.43. The average molecular weight is 466 g/mol. The first-order chi connectivity index (χ1) is 14.5. The van der Waals surface area contributed by atoms with Crippen LogP contribution in [0.25, 0.3) is 0 Å². The maximum atomic E-state index is 12.8. The number of hydrogen-bond acceptors (Lipinski definition) is 6. The first-order valence-corrected chi connectivity index (χ1v) is 12.3. The highest BCUT2D eigenvalue weighted by Gasteiger charge is 2.28. The van der Waals surface area contributed by atoms with Gasteiger partial charge in [-0.1, -0.05) is 6.07 Å². The molecule has 31 heavy (non-hydrogen) atoms. The normalized spacial score (nSPS) is 15.1. The second kappa shape index (κ2) is 9.37. The van der Waals surface area contributed by atoms with Gasteiger partial charge in [0.15, 0.2) is 0 Å². The quantitative estimate of drug-likeness (QED) is 0.733. The van der Waals surface area contributed by atoms with E-state index in [4.69, 9.17) is 4.74 Å². The van der Waals surface area contributed by atoms with Gasteiger partial charge in [0.25, 0.3) is 5.91 Å². The van der Waals surface area contributed by atoms with Crippen LogP contribution in [0.1, 0.15) is 36.0 Å². The molecule has 0 saturated carbocycles. The van der Waals surface area contributed by atoms with Crippen molar-refractivity contribution >= 4 is 33.4 Å². The standard InChI is InChI=1S/C21H27N3O5S2/c1-21(2,3)29-20(26)24-12-10-23(11-13-24)19(25)16-6-8-18(9-7-16)31(27,28)22-15-17-5-4-14-30-17/h4-9,14,22H,10-13,15H2,1-3H3. The molecule has 2 amide bonds. The molecule has 1 aromatic heterocycles. The van der Waals surface area contributed by atoms with Crippen LogP contribution < -0.4 is 4.72 Å². The maximum absolute atomic E-state index is 12.8. The molecular formula is C21H27N3O5S2. The van der Waals surface area contributed by atoms with Gasteiger partial charge in [0.2, 0.25) is 10.0 Å². The van der Waals surface area contributed by atoms with Crippen LogP contribution in [0.4, 0.5) is 4.79 Å². The SMILES string of the molecule is CC(C)(C)OC(=O)N1CCN(C(=O)c2ccc(S(=O)(=O)NCc3cccs3)cc2)CC1. The van der Waals surface area contributed by atoms with Crippen LogP contribution in [0, 0.1) is 0 Å². The highest BCUT2D eigenvalue weighted by Crippen LogP contribution is 2.16. The fourth-order valence-corrected chi connectivity index (χ4v) is 4.78. The Balaban J connectivity index is 1.56. The molecule has 1 aromatic carbocycles. The Morgan fingerprint density at radius 3 is 2.19 bits per heavy atom. The summed E-state index contributed by atoms with van der Waals surface area (Å²) >= 11 is 1.48. The smallest absolute Gasteiger partial charge is 0.410 e. The van der Waals surface area contributed by atoms with Crippen LogP contribution in [0.3, 0.4) is 0 Å². The highest BCUT2D eigenvalue weighted by molar-refractivity contribution is 7.89. The number of nitrogens with one attached hydrogen (secondary N) is 1. The Morgan fingerprint density at radius 2 is 1.65 bits per heavy atom. The van der Waals surface area contributed by atoms with Gasteiger partial charge in [-0.25, -0.2) is 17.9 Å². The number of carbonyl (C=O) groups excluding carboxylic acids is 2. The zero-order valence-electron chi connectivity index (χ0n) is 17.8. The third-order valence-electron chi connectivity index (χ3n) is 4.65. The van der Waals surface area contributed by atoms with E-state index in [1.165, 1.54) is 35.6 Å². The molecule has 1 aliphatic heterocycles. The van der Waals surface area contributed by atoms with Crippen LogP contribution in [0.2, 0.25) is 0 Å². The van der Waals surface area contributed by atoms with Crippen molar-refractivity contribution in [2.75, 3.05) is 26.2 Å². The van der Waals surface area contributed by atoms with Gasteiger partial charge < -0.3 is 14.5 Å². The first-order valence-electron chi connectivity index (χ1n) is 9.94. The van der Waals surface area contributed by atoms with Gasteiger partial charge in [-0.05, 0) is 56.5 Å². The first kappa shape index (κ1) is 23.2. The molecule has 0 radical (unpaired) electrons. The molecule has 1 fully saturated rings. The van der Waals surface area contributed by atoms with Gasteiger partial charge in [-0.2, -0.15) is 0 Å². The number of nitrogens with zero attached hydrogens (tertiary/aromatic N) is 2. The molecule has 0 bridgehead atoms. The number of benzene rings is 1. The van der Waals surface area contributed by atoms with Gasteiger partial charge in [-0.3, -0.25) is 4.79 Å². The topological polar surface area (TPSA) is 96.0 Å². The minimum absolute atomic E-state index is 0.107. The summed E-state index contributed by atoms with van der Waals surface area (Å²) < 4.78 is 32.8. The van der Waals surface area contributed by atoms with Crippen LogP contribution in [0.15, 0.2) is 46.7 Å². The van der Waals surface area contributed by atoms with Crippen LogP contribution in [0.5, 0.6) is 0 Å². The van der Waals surface area contributed by atoms with Gasteiger partial charge in [0, 0.05) is 43.2 Å². The lowest BCUT2D eigenvalue weighted by atomic mass is 10.2. The Labute approximate surface area is 186 Å². The van der Waals surface area contributed by atoms with E-state index >= 15 is 0 Å². The summed E-state index contributed by atoms with van der Waals surface area (Å²) in [6.07, 6.45) is -0.385. The molecule has 1 saturated heterocycles. The molecule has 1 aliphatic rings. The summed E-state index contributed by atoms with van der Waals surface area (Å²) in [5.74, 6) is -0.195. The van der Waals surface area contributed by atoms with Gasteiger partial charge in [-0.15, -0.1) is 11.3 Å². The highest BCUT2D eigenvalue weighted by atomic mass is 32.2. The predicted molar refractivity (Wildman–Crippen MR) is 118 cm³/mol. The average Bonchev–Trinajstić information content (AvgIpc) is 3.25. The summed E-state index contributed by atoms with van der Waals surface area (Å²) in [5.41, 5.74) is -0.159. The van der Waals surface area contributed by atoms with E-state index < -0.39 is 15.6 Å². The molecule has 10 heteroatoms. The summed E-state index contributed by atoms with van der Waals surface area (Å²) in [4.78, 5) is 29.2. The lowest BCUT2D eigenvalue weighted by Crippen LogP contribution is -2.51. The largest absolute Gasteiger partial charge is 0.444 e. The monoisotopic (exact) mass is 465 g/mol. The van der Waals surface area contributed by atoms with Crippen molar-refractivity contribution in [3.63, 3.8) is 0 Å². The second-order valence-corrected chi connectivity index (χ2v) is 11.0. The molecule has 0 unspecified atom stereocenters. The molecule has 1 N–H and O–H groups in total. The Kier molecular flexibility index (Phi) is 7.03. The zero-order valence-corrected chi connectivity index (χ0v) is 19.5. The third kappa shape index (κ3) is 6.28. The van der Waals surface area contributed by atoms with Crippen molar-refractivity contribution in [1.29, 1.82) is 0 Å². The van der Waals surface area contributed by atoms with E-state index in [-0.39, 0.29) is 23.4 Å². The molecule has 0 aliphatic carbocycles. The molecule has 8 nitrogen and oxygen atoms in total. The number of sulfonamides is 1. The van der Waals surface area contributed by atoms with Crippen molar-refractivity contribution in [2.45, 2.75) is 37.8 Å². The number of thiophene rings is 1. The van der Waals surface area contributed by atoms with Gasteiger partial charge in [0.05, 0.1) is 4.90 Å². The van der Waals surface area contributed by atoms with E-state index in [0.29, 0.717) is 31.7 Å². The number of rotatable bonds is 5. The van der Waals surface area contributed by atoms with Gasteiger partial charge >= 0.3 is 6.09 Å². The second-order valence-electron chi connectivity index (χ2n) is 8.19. The molecule has 3 rings (SSSR count). The Bertz CT molecular complexity index is 1000. The molecular weight excluding hydrogens is 438 g/mol. The summed E-state index contributed by atoms with van der Waals surface area (Å²) in [7, 11) is -3.66. The lowest BCUT2D eigenvalue weighted by Gasteiger charge is -2.35. The van der Waals surface area contributed by atoms with Crippen LogP contribution in [-0.2, 0) is 21.3 Å². The number of ether oxygens (including phenoxy) is 1. The summed E-state index contributed by atoms with van der Waals surface area (Å²) in [6, 6.07) is 9.62. The minimum Gasteiger partial charge on any atom is -0.444 e. The minimum atomic E-state index is -3.66.